The zero-order valence-electron chi connectivity index (χ0n) is 8.99. The van der Waals surface area contributed by atoms with E-state index in [4.69, 9.17) is 10.5 Å². The number of halogens is 1. The van der Waals surface area contributed by atoms with E-state index in [2.05, 4.69) is 36.4 Å². The number of para-hydroxylation sites is 1. The van der Waals surface area contributed by atoms with Crippen molar-refractivity contribution < 1.29 is 4.74 Å². The van der Waals surface area contributed by atoms with E-state index in [-0.39, 0.29) is 0 Å². The van der Waals surface area contributed by atoms with Gasteiger partial charge < -0.3 is 10.5 Å². The van der Waals surface area contributed by atoms with Crippen molar-refractivity contribution in [3.05, 3.63) is 35.1 Å². The zero-order valence-corrected chi connectivity index (χ0v) is 10.6. The normalized spacial score (nSPS) is 10.7. The SMILES string of the molecule is Nc1cccc(Br)c1Oc1cncc2nnnn12. The van der Waals surface area contributed by atoms with Crippen LogP contribution in [0.5, 0.6) is 11.6 Å². The molecule has 1 aromatic carbocycles. The van der Waals surface area contributed by atoms with Gasteiger partial charge in [0.15, 0.2) is 5.75 Å². The van der Waals surface area contributed by atoms with Gasteiger partial charge in [0.1, 0.15) is 0 Å². The van der Waals surface area contributed by atoms with Gasteiger partial charge in [-0.05, 0) is 38.5 Å². The zero-order chi connectivity index (χ0) is 12.5. The van der Waals surface area contributed by atoms with Crippen LogP contribution in [0.3, 0.4) is 0 Å². The third-order valence-electron chi connectivity index (χ3n) is 2.28. The molecule has 2 heterocycles. The first-order valence-electron chi connectivity index (χ1n) is 4.99. The quantitative estimate of drug-likeness (QED) is 0.724. The van der Waals surface area contributed by atoms with Crippen molar-refractivity contribution in [3.8, 4) is 11.6 Å². The lowest BCUT2D eigenvalue weighted by Crippen LogP contribution is -1.99. The standard InChI is InChI=1S/C10H7BrN6O/c11-6-2-1-3-7(12)10(6)18-9-5-13-4-8-14-15-16-17(8)9/h1-5H,12H2. The van der Waals surface area contributed by atoms with Crippen molar-refractivity contribution in [2.24, 2.45) is 0 Å². The highest BCUT2D eigenvalue weighted by Gasteiger charge is 2.11. The van der Waals surface area contributed by atoms with Gasteiger partial charge in [0.05, 0.1) is 22.6 Å². The van der Waals surface area contributed by atoms with E-state index in [9.17, 15) is 0 Å². The molecule has 2 N–H and O–H groups in total. The van der Waals surface area contributed by atoms with Crippen LogP contribution in [0, 0.1) is 0 Å². The number of benzene rings is 1. The Hall–Kier alpha value is -2.22. The Morgan fingerprint density at radius 3 is 3.00 bits per heavy atom. The van der Waals surface area contributed by atoms with Crippen molar-refractivity contribution in [2.75, 3.05) is 5.73 Å². The maximum Gasteiger partial charge on any atom is 0.242 e. The molecule has 0 bridgehead atoms. The maximum atomic E-state index is 5.85. The minimum absolute atomic E-state index is 0.385. The Kier molecular flexibility index (Phi) is 2.56. The van der Waals surface area contributed by atoms with E-state index in [1.807, 2.05) is 12.1 Å². The smallest absolute Gasteiger partial charge is 0.242 e. The van der Waals surface area contributed by atoms with Crippen molar-refractivity contribution in [3.63, 3.8) is 0 Å². The number of hydrogen-bond acceptors (Lipinski definition) is 6. The summed E-state index contributed by atoms with van der Waals surface area (Å²) in [5.74, 6) is 0.887. The molecular weight excluding hydrogens is 300 g/mol. The van der Waals surface area contributed by atoms with Crippen LogP contribution in [0.25, 0.3) is 5.65 Å². The molecule has 90 valence electrons. The molecular formula is C10H7BrN6O. The summed E-state index contributed by atoms with van der Waals surface area (Å²) in [5, 5.41) is 11.1. The molecule has 0 amide bonds. The van der Waals surface area contributed by atoms with Gasteiger partial charge in [-0.2, -0.15) is 4.52 Å². The molecule has 0 spiro atoms. The summed E-state index contributed by atoms with van der Waals surface area (Å²) in [7, 11) is 0. The first kappa shape index (κ1) is 10.9. The largest absolute Gasteiger partial charge is 0.434 e. The molecule has 7 nitrogen and oxygen atoms in total. The van der Waals surface area contributed by atoms with Gasteiger partial charge in [0.25, 0.3) is 0 Å². The van der Waals surface area contributed by atoms with E-state index in [0.29, 0.717) is 23.0 Å². The van der Waals surface area contributed by atoms with Crippen molar-refractivity contribution in [1.29, 1.82) is 0 Å². The van der Waals surface area contributed by atoms with E-state index in [1.54, 1.807) is 6.07 Å². The number of nitrogens with two attached hydrogens (primary N) is 1. The molecule has 0 atom stereocenters. The van der Waals surface area contributed by atoms with E-state index in [0.717, 1.165) is 4.47 Å². The number of rotatable bonds is 2. The average Bonchev–Trinajstić information content (AvgIpc) is 2.83. The summed E-state index contributed by atoms with van der Waals surface area (Å²) in [4.78, 5) is 4.00. The number of aromatic nitrogens is 5. The average molecular weight is 307 g/mol. The molecule has 8 heteroatoms. The number of hydrogen-bond donors (Lipinski definition) is 1. The molecule has 2 aromatic heterocycles. The summed E-state index contributed by atoms with van der Waals surface area (Å²) in [6.45, 7) is 0. The van der Waals surface area contributed by atoms with E-state index >= 15 is 0 Å². The molecule has 0 aliphatic heterocycles. The number of nitrogen functional groups attached to an aromatic ring is 1. The van der Waals surface area contributed by atoms with Crippen LogP contribution < -0.4 is 10.5 Å². The van der Waals surface area contributed by atoms with Crippen LogP contribution in [-0.4, -0.2) is 25.0 Å². The summed E-state index contributed by atoms with van der Waals surface area (Å²) in [6, 6.07) is 5.40. The predicted molar refractivity (Wildman–Crippen MR) is 67.2 cm³/mol. The van der Waals surface area contributed by atoms with Crippen molar-refractivity contribution >= 4 is 27.3 Å². The fraction of sp³-hybridized carbons (Fsp3) is 0. The molecule has 0 radical (unpaired) electrons. The molecule has 0 aliphatic carbocycles. The van der Waals surface area contributed by atoms with Gasteiger partial charge in [-0.3, -0.25) is 4.98 Å². The summed E-state index contributed by atoms with van der Waals surface area (Å²) in [5.41, 5.74) is 6.86. The lowest BCUT2D eigenvalue weighted by atomic mass is 10.3. The topological polar surface area (TPSA) is 91.2 Å². The molecule has 0 unspecified atom stereocenters. The monoisotopic (exact) mass is 306 g/mol. The highest BCUT2D eigenvalue weighted by Crippen LogP contribution is 2.34. The second-order valence-corrected chi connectivity index (χ2v) is 4.31. The second kappa shape index (κ2) is 4.22. The van der Waals surface area contributed by atoms with Crippen molar-refractivity contribution in [1.82, 2.24) is 25.0 Å². The minimum Gasteiger partial charge on any atom is -0.434 e. The van der Waals surface area contributed by atoms with Gasteiger partial charge in [-0.15, -0.1) is 5.10 Å². The fourth-order valence-corrected chi connectivity index (χ4v) is 1.92. The Morgan fingerprint density at radius 1 is 1.28 bits per heavy atom. The number of anilines is 1. The number of nitrogens with zero attached hydrogens (tertiary/aromatic N) is 5. The van der Waals surface area contributed by atoms with Crippen LogP contribution in [0.4, 0.5) is 5.69 Å². The summed E-state index contributed by atoms with van der Waals surface area (Å²) in [6.07, 6.45) is 3.05. The van der Waals surface area contributed by atoms with Gasteiger partial charge in [0.2, 0.25) is 11.5 Å². The Labute approximate surface area is 110 Å². The Morgan fingerprint density at radius 2 is 2.17 bits per heavy atom. The first-order chi connectivity index (χ1) is 8.75. The Bertz CT molecular complexity index is 692. The maximum absolute atomic E-state index is 5.85. The second-order valence-electron chi connectivity index (χ2n) is 3.45. The molecule has 3 rings (SSSR count). The minimum atomic E-state index is 0.385. The molecule has 0 fully saturated rings. The molecule has 0 aliphatic rings. The number of ether oxygens (including phenoxy) is 1. The lowest BCUT2D eigenvalue weighted by molar-refractivity contribution is 0.441. The third-order valence-corrected chi connectivity index (χ3v) is 2.91. The van der Waals surface area contributed by atoms with Gasteiger partial charge >= 0.3 is 0 Å². The fourth-order valence-electron chi connectivity index (χ4n) is 1.46. The van der Waals surface area contributed by atoms with Crippen LogP contribution >= 0.6 is 15.9 Å². The first-order valence-corrected chi connectivity index (χ1v) is 5.79. The van der Waals surface area contributed by atoms with E-state index in [1.165, 1.54) is 16.9 Å². The molecule has 3 aromatic rings. The summed E-state index contributed by atoms with van der Waals surface area (Å²) >= 11 is 3.37. The Balaban J connectivity index is 2.09. The van der Waals surface area contributed by atoms with E-state index < -0.39 is 0 Å². The van der Waals surface area contributed by atoms with Crippen LogP contribution in [-0.2, 0) is 0 Å². The lowest BCUT2D eigenvalue weighted by Gasteiger charge is -2.09. The van der Waals surface area contributed by atoms with Crippen LogP contribution in [0.1, 0.15) is 0 Å². The molecule has 0 saturated carbocycles. The van der Waals surface area contributed by atoms with Gasteiger partial charge in [-0.25, -0.2) is 0 Å². The summed E-state index contributed by atoms with van der Waals surface area (Å²) < 4.78 is 7.88. The third kappa shape index (κ3) is 1.76. The number of tetrazole rings is 1. The van der Waals surface area contributed by atoms with Gasteiger partial charge in [0, 0.05) is 0 Å². The highest BCUT2D eigenvalue weighted by molar-refractivity contribution is 9.10. The van der Waals surface area contributed by atoms with Crippen LogP contribution in [0.15, 0.2) is 35.1 Å². The van der Waals surface area contributed by atoms with Crippen molar-refractivity contribution in [2.45, 2.75) is 0 Å². The highest BCUT2D eigenvalue weighted by atomic mass is 79.9. The predicted octanol–water partition coefficient (Wildman–Crippen LogP) is 1.66. The molecule has 0 saturated heterocycles. The van der Waals surface area contributed by atoms with Crippen LogP contribution in [0.2, 0.25) is 0 Å². The van der Waals surface area contributed by atoms with Gasteiger partial charge in [-0.1, -0.05) is 6.07 Å². The number of fused-ring (bicyclic) bond motifs is 1. The molecule has 18 heavy (non-hydrogen) atoms.